The predicted octanol–water partition coefficient (Wildman–Crippen LogP) is 4.21. The van der Waals surface area contributed by atoms with Crippen LogP contribution in [0.3, 0.4) is 0 Å². The molecule has 0 bridgehead atoms. The second-order valence-corrected chi connectivity index (χ2v) is 8.39. The summed E-state index contributed by atoms with van der Waals surface area (Å²) in [7, 11) is 1.77. The van der Waals surface area contributed by atoms with Crippen LogP contribution in [0.1, 0.15) is 26.2 Å². The van der Waals surface area contributed by atoms with Gasteiger partial charge in [-0.05, 0) is 24.6 Å². The first-order valence-electron chi connectivity index (χ1n) is 6.68. The maximum Gasteiger partial charge on any atom is 0.259 e. The molecule has 1 aliphatic rings. The molecule has 1 fully saturated rings. The fourth-order valence-electron chi connectivity index (χ4n) is 2.11. The molecular weight excluding hydrogens is 320 g/mol. The van der Waals surface area contributed by atoms with E-state index in [2.05, 4.69) is 17.1 Å². The average Bonchev–Trinajstić information content (AvgIpc) is 3.17. The van der Waals surface area contributed by atoms with E-state index in [4.69, 9.17) is 0 Å². The zero-order chi connectivity index (χ0) is 14.8. The van der Waals surface area contributed by atoms with Gasteiger partial charge in [-0.25, -0.2) is 4.98 Å². The third-order valence-electron chi connectivity index (χ3n) is 3.25. The summed E-state index contributed by atoms with van der Waals surface area (Å²) in [5, 5.41) is 2.69. The van der Waals surface area contributed by atoms with E-state index in [1.165, 1.54) is 28.4 Å². The summed E-state index contributed by atoms with van der Waals surface area (Å²) in [6, 6.07) is 8.00. The molecule has 0 atom stereocenters. The van der Waals surface area contributed by atoms with Crippen LogP contribution in [0.5, 0.6) is 0 Å². The maximum absolute atomic E-state index is 12.5. The minimum absolute atomic E-state index is 0.0115. The lowest BCUT2D eigenvalue weighted by molar-refractivity contribution is 0.0993. The molecule has 0 saturated carbocycles. The van der Waals surface area contributed by atoms with Crippen molar-refractivity contribution in [2.24, 2.45) is 0 Å². The molecule has 1 aromatic carbocycles. The molecule has 6 heteroatoms. The molecule has 1 aliphatic heterocycles. The molecule has 0 spiro atoms. The smallest absolute Gasteiger partial charge is 0.259 e. The molecule has 1 amide bonds. The molecule has 0 unspecified atom stereocenters. The molecule has 0 aliphatic carbocycles. The first-order valence-corrected chi connectivity index (χ1v) is 9.66. The van der Waals surface area contributed by atoms with E-state index in [0.717, 1.165) is 10.8 Å². The Hall–Kier alpha value is -0.980. The van der Waals surface area contributed by atoms with Crippen molar-refractivity contribution in [3.8, 4) is 0 Å². The van der Waals surface area contributed by atoms with Gasteiger partial charge in [0.05, 0.1) is 10.3 Å². The second kappa shape index (κ2) is 6.42. The summed E-state index contributed by atoms with van der Waals surface area (Å²) in [5.74, 6) is 2.41. The quantitative estimate of drug-likeness (QED) is 0.841. The minimum Gasteiger partial charge on any atom is -0.287 e. The number of aromatic nitrogens is 1. The molecule has 0 radical (unpaired) electrons. The van der Waals surface area contributed by atoms with Crippen molar-refractivity contribution < 1.29 is 4.79 Å². The number of hydrogen-bond donors (Lipinski definition) is 0. The SMILES string of the molecule is Cc1csc(N(C)C(=O)c2ccc(C3SCCS3)cc2)n1. The Morgan fingerprint density at radius 3 is 2.48 bits per heavy atom. The van der Waals surface area contributed by atoms with Crippen LogP contribution < -0.4 is 4.90 Å². The molecule has 21 heavy (non-hydrogen) atoms. The zero-order valence-corrected chi connectivity index (χ0v) is 14.4. The van der Waals surface area contributed by atoms with Crippen molar-refractivity contribution in [3.05, 3.63) is 46.5 Å². The van der Waals surface area contributed by atoms with Crippen LogP contribution in [-0.2, 0) is 0 Å². The van der Waals surface area contributed by atoms with Crippen LogP contribution in [0.15, 0.2) is 29.6 Å². The van der Waals surface area contributed by atoms with Gasteiger partial charge in [-0.1, -0.05) is 12.1 Å². The summed E-state index contributed by atoms with van der Waals surface area (Å²) >= 11 is 5.44. The number of thiazole rings is 1. The molecule has 0 N–H and O–H groups in total. The molecule has 1 aromatic heterocycles. The number of carbonyl (C=O) groups is 1. The summed E-state index contributed by atoms with van der Waals surface area (Å²) < 4.78 is 0.522. The predicted molar refractivity (Wildman–Crippen MR) is 93.7 cm³/mol. The van der Waals surface area contributed by atoms with Gasteiger partial charge in [-0.3, -0.25) is 9.69 Å². The second-order valence-electron chi connectivity index (χ2n) is 4.83. The molecule has 2 heterocycles. The number of rotatable bonds is 3. The Balaban J connectivity index is 1.75. The lowest BCUT2D eigenvalue weighted by Crippen LogP contribution is -2.26. The van der Waals surface area contributed by atoms with Crippen LogP contribution in [0.25, 0.3) is 0 Å². The Labute approximate surface area is 137 Å². The number of thioether (sulfide) groups is 2. The van der Waals surface area contributed by atoms with Crippen LogP contribution in [0.4, 0.5) is 5.13 Å². The Morgan fingerprint density at radius 2 is 1.90 bits per heavy atom. The van der Waals surface area contributed by atoms with Gasteiger partial charge in [-0.2, -0.15) is 0 Å². The van der Waals surface area contributed by atoms with Crippen molar-refractivity contribution in [3.63, 3.8) is 0 Å². The molecule has 3 rings (SSSR count). The van der Waals surface area contributed by atoms with Crippen LogP contribution in [0, 0.1) is 6.92 Å². The Bertz CT molecular complexity index is 633. The molecule has 2 aromatic rings. The third-order valence-corrected chi connectivity index (χ3v) is 7.39. The van der Waals surface area contributed by atoms with E-state index in [1.54, 1.807) is 11.9 Å². The highest BCUT2D eigenvalue weighted by Crippen LogP contribution is 2.45. The molecule has 110 valence electrons. The van der Waals surface area contributed by atoms with Gasteiger partial charge in [0.1, 0.15) is 0 Å². The Morgan fingerprint density at radius 1 is 1.24 bits per heavy atom. The van der Waals surface area contributed by atoms with Crippen molar-refractivity contribution in [2.75, 3.05) is 23.5 Å². The maximum atomic E-state index is 12.5. The normalized spacial score (nSPS) is 15.3. The molecule has 1 saturated heterocycles. The Kier molecular flexibility index (Phi) is 4.57. The number of hydrogen-bond acceptors (Lipinski definition) is 5. The average molecular weight is 337 g/mol. The summed E-state index contributed by atoms with van der Waals surface area (Å²) in [6.45, 7) is 1.93. The van der Waals surface area contributed by atoms with Gasteiger partial charge in [-0.15, -0.1) is 34.9 Å². The van der Waals surface area contributed by atoms with Crippen molar-refractivity contribution in [1.82, 2.24) is 4.98 Å². The fraction of sp³-hybridized carbons (Fsp3) is 0.333. The van der Waals surface area contributed by atoms with Crippen molar-refractivity contribution >= 4 is 45.9 Å². The third kappa shape index (κ3) is 3.27. The summed E-state index contributed by atoms with van der Waals surface area (Å²) in [5.41, 5.74) is 2.95. The van der Waals surface area contributed by atoms with Crippen molar-refractivity contribution in [2.45, 2.75) is 11.5 Å². The first kappa shape index (κ1) is 14.9. The molecule has 3 nitrogen and oxygen atoms in total. The van der Waals surface area contributed by atoms with Gasteiger partial charge >= 0.3 is 0 Å². The first-order chi connectivity index (χ1) is 10.1. The van der Waals surface area contributed by atoms with Crippen LogP contribution in [-0.4, -0.2) is 29.4 Å². The standard InChI is InChI=1S/C15H16N2OS3/c1-10-9-21-15(16-10)17(2)13(18)11-3-5-12(6-4-11)14-19-7-8-20-14/h3-6,9,14H,7-8H2,1-2H3. The highest BCUT2D eigenvalue weighted by Gasteiger charge is 2.20. The number of benzene rings is 1. The van der Waals surface area contributed by atoms with E-state index in [-0.39, 0.29) is 5.91 Å². The van der Waals surface area contributed by atoms with E-state index < -0.39 is 0 Å². The number of amides is 1. The van der Waals surface area contributed by atoms with Gasteiger partial charge in [0.15, 0.2) is 5.13 Å². The number of nitrogens with zero attached hydrogens (tertiary/aromatic N) is 2. The number of anilines is 1. The lowest BCUT2D eigenvalue weighted by Gasteiger charge is -2.14. The number of carbonyl (C=O) groups excluding carboxylic acids is 1. The monoisotopic (exact) mass is 336 g/mol. The summed E-state index contributed by atoms with van der Waals surface area (Å²) in [6.07, 6.45) is 0. The van der Waals surface area contributed by atoms with Crippen LogP contribution in [0.2, 0.25) is 0 Å². The highest BCUT2D eigenvalue weighted by molar-refractivity contribution is 8.19. The minimum atomic E-state index is -0.0115. The topological polar surface area (TPSA) is 33.2 Å². The lowest BCUT2D eigenvalue weighted by atomic mass is 10.1. The summed E-state index contributed by atoms with van der Waals surface area (Å²) in [4.78, 5) is 18.4. The largest absolute Gasteiger partial charge is 0.287 e. The van der Waals surface area contributed by atoms with E-state index in [0.29, 0.717) is 10.1 Å². The van der Waals surface area contributed by atoms with Gasteiger partial charge in [0, 0.05) is 29.5 Å². The van der Waals surface area contributed by atoms with Gasteiger partial charge in [0.2, 0.25) is 0 Å². The molecular formula is C15H16N2OS3. The number of aryl methyl sites for hydroxylation is 1. The highest BCUT2D eigenvalue weighted by atomic mass is 32.2. The van der Waals surface area contributed by atoms with E-state index in [9.17, 15) is 4.79 Å². The zero-order valence-electron chi connectivity index (χ0n) is 11.9. The van der Waals surface area contributed by atoms with Gasteiger partial charge < -0.3 is 0 Å². The van der Waals surface area contributed by atoms with Gasteiger partial charge in [0.25, 0.3) is 5.91 Å². The van der Waals surface area contributed by atoms with Crippen molar-refractivity contribution in [1.29, 1.82) is 0 Å². The van der Waals surface area contributed by atoms with Crippen LogP contribution >= 0.6 is 34.9 Å². The fourth-order valence-corrected chi connectivity index (χ4v) is 5.74. The van der Waals surface area contributed by atoms with E-state index >= 15 is 0 Å². The van der Waals surface area contributed by atoms with E-state index in [1.807, 2.05) is 48.0 Å².